The van der Waals surface area contributed by atoms with E-state index < -0.39 is 52.2 Å². The molecule has 1 amide bonds. The lowest BCUT2D eigenvalue weighted by atomic mass is 9.97. The molecule has 0 unspecified atom stereocenters. The van der Waals surface area contributed by atoms with Gasteiger partial charge in [-0.15, -0.1) is 6.42 Å². The number of rotatable bonds is 3. The number of nitrogens with zero attached hydrogens (tertiary/aromatic N) is 1. The number of halogens is 3. The van der Waals surface area contributed by atoms with Crippen LogP contribution in [0.3, 0.4) is 0 Å². The summed E-state index contributed by atoms with van der Waals surface area (Å²) in [7, 11) is -6.09. The van der Waals surface area contributed by atoms with E-state index in [4.69, 9.17) is 29.9 Å². The van der Waals surface area contributed by atoms with Crippen molar-refractivity contribution >= 4 is 16.0 Å². The fraction of sp³-hybridized carbons (Fsp3) is 0.429. The topological polar surface area (TPSA) is 174 Å². The van der Waals surface area contributed by atoms with Gasteiger partial charge in [-0.3, -0.25) is 9.53 Å². The average molecular weight is 428 g/mol. The molecule has 2 rings (SSSR count). The zero-order valence-electron chi connectivity index (χ0n) is 13.8. The van der Waals surface area contributed by atoms with Crippen LogP contribution in [0.5, 0.6) is 0 Å². The van der Waals surface area contributed by atoms with Crippen molar-refractivity contribution in [3.63, 3.8) is 0 Å². The summed E-state index contributed by atoms with van der Waals surface area (Å²) in [6.07, 6.45) is 4.31. The van der Waals surface area contributed by atoms with Gasteiger partial charge < -0.3 is 25.6 Å². The lowest BCUT2D eigenvalue weighted by Crippen LogP contribution is -2.46. The fourth-order valence-corrected chi connectivity index (χ4v) is 2.12. The van der Waals surface area contributed by atoms with Crippen molar-refractivity contribution in [1.82, 2.24) is 0 Å². The Bertz CT molecular complexity index is 870. The summed E-state index contributed by atoms with van der Waals surface area (Å²) in [6, 6.07) is 3.04. The fourth-order valence-electron chi connectivity index (χ4n) is 2.12. The summed E-state index contributed by atoms with van der Waals surface area (Å²) in [5.74, 6) is 1.52. The van der Waals surface area contributed by atoms with E-state index >= 15 is 0 Å². The number of pyridine rings is 1. The van der Waals surface area contributed by atoms with Gasteiger partial charge in [0, 0.05) is 6.07 Å². The van der Waals surface area contributed by atoms with Crippen LogP contribution in [0.1, 0.15) is 16.6 Å². The summed E-state index contributed by atoms with van der Waals surface area (Å²) in [4.78, 5) is 11.1. The van der Waals surface area contributed by atoms with Crippen LogP contribution in [-0.4, -0.2) is 64.1 Å². The van der Waals surface area contributed by atoms with E-state index in [0.29, 0.717) is 0 Å². The Labute approximate surface area is 156 Å². The van der Waals surface area contributed by atoms with Crippen LogP contribution in [0.15, 0.2) is 24.5 Å². The molecule has 1 aliphatic heterocycles. The maximum absolute atomic E-state index is 11.1. The number of hydrogen-bond acceptors (Lipinski definition) is 8. The maximum Gasteiger partial charge on any atom is 0.485 e. The Kier molecular flexibility index (Phi) is 7.12. The highest BCUT2D eigenvalue weighted by molar-refractivity contribution is 7.86. The van der Waals surface area contributed by atoms with Crippen LogP contribution >= 0.6 is 0 Å². The number of carbonyl (C=O) groups is 1. The van der Waals surface area contributed by atoms with Gasteiger partial charge in [-0.05, 0) is 6.07 Å². The molecule has 1 aliphatic rings. The first-order chi connectivity index (χ1) is 12.7. The van der Waals surface area contributed by atoms with E-state index in [-0.39, 0.29) is 5.56 Å². The summed E-state index contributed by atoms with van der Waals surface area (Å²) in [5, 5.41) is 29.2. The molecule has 0 radical (unpaired) electrons. The number of ether oxygens (including phenoxy) is 1. The van der Waals surface area contributed by atoms with Crippen LogP contribution in [0.4, 0.5) is 13.2 Å². The van der Waals surface area contributed by atoms with E-state index in [1.54, 1.807) is 0 Å². The second kappa shape index (κ2) is 8.39. The summed E-state index contributed by atoms with van der Waals surface area (Å²) < 4.78 is 65.7. The minimum atomic E-state index is -6.09. The molecule has 0 spiro atoms. The molecular formula is C14H15F3N2O8S. The summed E-state index contributed by atoms with van der Waals surface area (Å²) >= 11 is 0. The van der Waals surface area contributed by atoms with Crippen molar-refractivity contribution < 1.29 is 55.6 Å². The molecule has 2 heterocycles. The third-order valence-electron chi connectivity index (χ3n) is 3.59. The highest BCUT2D eigenvalue weighted by Crippen LogP contribution is 2.33. The molecular weight excluding hydrogens is 413 g/mol. The predicted octanol–water partition coefficient (Wildman–Crippen LogP) is -2.26. The molecule has 0 aromatic carbocycles. The molecule has 0 bridgehead atoms. The molecule has 4 atom stereocenters. The number of carbonyl (C=O) groups excluding carboxylic acids is 1. The van der Waals surface area contributed by atoms with Gasteiger partial charge in [0.25, 0.3) is 12.1 Å². The number of aromatic nitrogens is 1. The lowest BCUT2D eigenvalue weighted by molar-refractivity contribution is -0.766. The Morgan fingerprint density at radius 1 is 1.46 bits per heavy atom. The molecule has 156 valence electrons. The Balaban J connectivity index is 0.000000416. The number of terminal acetylenes is 1. The SMILES string of the molecule is C#C[C@]1(CO)O[C@@H]([n+]2cccc(C(N)=O)c2)[C@H](O)[C@@H]1O.O=S(=O)([O-])C(F)(F)F. The highest BCUT2D eigenvalue weighted by Gasteiger charge is 2.57. The largest absolute Gasteiger partial charge is 0.741 e. The third-order valence-corrected chi connectivity index (χ3v) is 4.15. The zero-order chi connectivity index (χ0) is 21.9. The second-order valence-corrected chi connectivity index (χ2v) is 6.81. The summed E-state index contributed by atoms with van der Waals surface area (Å²) in [5.41, 5.74) is -1.95. The molecule has 1 aromatic heterocycles. The Hall–Kier alpha value is -2.28. The lowest BCUT2D eigenvalue weighted by Gasteiger charge is -2.22. The Morgan fingerprint density at radius 3 is 2.36 bits per heavy atom. The van der Waals surface area contributed by atoms with Crippen molar-refractivity contribution in [2.75, 3.05) is 6.61 Å². The first kappa shape index (κ1) is 23.8. The molecule has 14 heteroatoms. The minimum Gasteiger partial charge on any atom is -0.741 e. The van der Waals surface area contributed by atoms with Crippen LogP contribution in [0.25, 0.3) is 0 Å². The molecule has 1 fully saturated rings. The van der Waals surface area contributed by atoms with Gasteiger partial charge in [0.15, 0.2) is 34.2 Å². The Morgan fingerprint density at radius 2 is 2.00 bits per heavy atom. The average Bonchev–Trinajstić information content (AvgIpc) is 2.86. The predicted molar refractivity (Wildman–Crippen MR) is 81.7 cm³/mol. The van der Waals surface area contributed by atoms with E-state index in [0.717, 1.165) is 0 Å². The highest BCUT2D eigenvalue weighted by atomic mass is 32.2. The van der Waals surface area contributed by atoms with E-state index in [1.165, 1.54) is 29.1 Å². The molecule has 1 aromatic rings. The second-order valence-electron chi connectivity index (χ2n) is 5.44. The van der Waals surface area contributed by atoms with Gasteiger partial charge >= 0.3 is 5.51 Å². The number of aliphatic hydroxyl groups excluding tert-OH is 3. The number of amides is 1. The number of aliphatic hydroxyl groups is 3. The molecule has 5 N–H and O–H groups in total. The van der Waals surface area contributed by atoms with Crippen molar-refractivity contribution in [1.29, 1.82) is 0 Å². The van der Waals surface area contributed by atoms with Crippen LogP contribution in [-0.2, 0) is 14.9 Å². The van der Waals surface area contributed by atoms with Gasteiger partial charge in [0.2, 0.25) is 0 Å². The quantitative estimate of drug-likeness (QED) is 0.181. The number of alkyl halides is 3. The van der Waals surface area contributed by atoms with E-state index in [1.807, 2.05) is 0 Å². The van der Waals surface area contributed by atoms with Crippen LogP contribution in [0.2, 0.25) is 0 Å². The zero-order valence-corrected chi connectivity index (χ0v) is 14.6. The molecule has 0 aliphatic carbocycles. The molecule has 10 nitrogen and oxygen atoms in total. The third kappa shape index (κ3) is 4.95. The van der Waals surface area contributed by atoms with E-state index in [2.05, 4.69) is 5.92 Å². The first-order valence-electron chi connectivity index (χ1n) is 7.15. The van der Waals surface area contributed by atoms with Crippen molar-refractivity contribution in [2.24, 2.45) is 5.73 Å². The van der Waals surface area contributed by atoms with Crippen molar-refractivity contribution in [2.45, 2.75) is 29.5 Å². The number of primary amides is 1. The molecule has 0 saturated carbocycles. The van der Waals surface area contributed by atoms with Crippen LogP contribution < -0.4 is 10.3 Å². The van der Waals surface area contributed by atoms with Crippen molar-refractivity contribution in [3.8, 4) is 12.3 Å². The minimum absolute atomic E-state index is 0.208. The first-order valence-corrected chi connectivity index (χ1v) is 8.56. The molecule has 1 saturated heterocycles. The molecule has 28 heavy (non-hydrogen) atoms. The smallest absolute Gasteiger partial charge is 0.485 e. The van der Waals surface area contributed by atoms with Crippen molar-refractivity contribution in [3.05, 3.63) is 30.1 Å². The summed E-state index contributed by atoms with van der Waals surface area (Å²) in [6.45, 7) is -0.645. The van der Waals surface area contributed by atoms with E-state index in [9.17, 15) is 33.3 Å². The van der Waals surface area contributed by atoms with Crippen LogP contribution in [0, 0.1) is 12.3 Å². The van der Waals surface area contributed by atoms with Gasteiger partial charge in [-0.2, -0.15) is 17.7 Å². The maximum atomic E-state index is 11.1. The monoisotopic (exact) mass is 428 g/mol. The number of nitrogens with two attached hydrogens (primary N) is 1. The number of hydrogen-bond donors (Lipinski definition) is 4. The van der Waals surface area contributed by atoms with Gasteiger partial charge in [-0.25, -0.2) is 8.42 Å². The standard InChI is InChI=1S/C13H14N2O5.CHF3O3S/c1-2-13(7-16)10(18)9(17)12(20-13)15-5-3-4-8(6-15)11(14)19;2-1(3,4)8(5,6)7/h1,3-6,9-10,12,16-18H,7H2,(H-,14,19);(H,5,6,7)/t9-,10+,12-,13-;/m1./s1. The van der Waals surface area contributed by atoms with Gasteiger partial charge in [0.05, 0.1) is 6.61 Å². The van der Waals surface area contributed by atoms with Gasteiger partial charge in [0.1, 0.15) is 11.7 Å². The normalized spacial score (nSPS) is 27.4. The van der Waals surface area contributed by atoms with Gasteiger partial charge in [-0.1, -0.05) is 5.92 Å².